The first kappa shape index (κ1) is 16.0. The Hall–Kier alpha value is -2.33. The second kappa shape index (κ2) is 7.09. The topological polar surface area (TPSA) is 55.4 Å². The minimum absolute atomic E-state index is 0.0566. The van der Waals surface area contributed by atoms with Gasteiger partial charge in [-0.25, -0.2) is 0 Å². The number of benzene rings is 2. The molecule has 0 aliphatic heterocycles. The summed E-state index contributed by atoms with van der Waals surface area (Å²) in [5.41, 5.74) is 2.09. The Labute approximate surface area is 134 Å². The summed E-state index contributed by atoms with van der Waals surface area (Å²) in [4.78, 5) is 23.2. The second-order valence-corrected chi connectivity index (χ2v) is 5.31. The summed E-state index contributed by atoms with van der Waals surface area (Å²) < 4.78 is 5.42. The van der Waals surface area contributed by atoms with E-state index in [1.54, 1.807) is 36.4 Å². The van der Waals surface area contributed by atoms with Crippen molar-refractivity contribution in [1.82, 2.24) is 0 Å². The van der Waals surface area contributed by atoms with Crippen LogP contribution < -0.4 is 10.1 Å². The van der Waals surface area contributed by atoms with Gasteiger partial charge in [0.25, 0.3) is 5.91 Å². The maximum atomic E-state index is 11.9. The van der Waals surface area contributed by atoms with Crippen molar-refractivity contribution in [3.05, 3.63) is 58.6 Å². The van der Waals surface area contributed by atoms with Gasteiger partial charge in [-0.2, -0.15) is 0 Å². The highest BCUT2D eigenvalue weighted by Gasteiger charge is 2.08. The molecule has 0 heterocycles. The summed E-state index contributed by atoms with van der Waals surface area (Å²) in [6.45, 7) is 3.23. The van der Waals surface area contributed by atoms with Crippen molar-refractivity contribution < 1.29 is 14.3 Å². The largest absolute Gasteiger partial charge is 0.482 e. The maximum Gasteiger partial charge on any atom is 0.262 e. The lowest BCUT2D eigenvalue weighted by Gasteiger charge is -2.10. The van der Waals surface area contributed by atoms with E-state index in [-0.39, 0.29) is 18.3 Å². The summed E-state index contributed by atoms with van der Waals surface area (Å²) in [7, 11) is 0. The molecule has 2 rings (SSSR count). The minimum Gasteiger partial charge on any atom is -0.482 e. The van der Waals surface area contributed by atoms with E-state index in [1.165, 1.54) is 6.92 Å². The Morgan fingerprint density at radius 1 is 1.18 bits per heavy atom. The molecule has 0 aliphatic rings. The third-order valence-electron chi connectivity index (χ3n) is 3.00. The van der Waals surface area contributed by atoms with Crippen molar-refractivity contribution in [2.24, 2.45) is 0 Å². The quantitative estimate of drug-likeness (QED) is 0.852. The smallest absolute Gasteiger partial charge is 0.262 e. The van der Waals surface area contributed by atoms with Crippen molar-refractivity contribution in [3.8, 4) is 5.75 Å². The van der Waals surface area contributed by atoms with Crippen LogP contribution in [0.5, 0.6) is 5.75 Å². The van der Waals surface area contributed by atoms with Gasteiger partial charge in [0, 0.05) is 11.3 Å². The zero-order valence-corrected chi connectivity index (χ0v) is 13.1. The summed E-state index contributed by atoms with van der Waals surface area (Å²) in [5, 5.41) is 3.14. The molecule has 1 amide bonds. The molecule has 2 aromatic rings. The first-order valence-corrected chi connectivity index (χ1v) is 7.13. The molecule has 0 aliphatic carbocycles. The van der Waals surface area contributed by atoms with Crippen LogP contribution in [0.25, 0.3) is 0 Å². The number of carbonyl (C=O) groups is 2. The van der Waals surface area contributed by atoms with Gasteiger partial charge in [-0.15, -0.1) is 0 Å². The van der Waals surface area contributed by atoms with Crippen molar-refractivity contribution in [2.45, 2.75) is 13.8 Å². The molecule has 22 heavy (non-hydrogen) atoms. The lowest BCUT2D eigenvalue weighted by Crippen LogP contribution is -2.20. The molecule has 0 bridgehead atoms. The number of hydrogen-bond donors (Lipinski definition) is 1. The van der Waals surface area contributed by atoms with Gasteiger partial charge in [0.05, 0.1) is 5.02 Å². The lowest BCUT2D eigenvalue weighted by molar-refractivity contribution is -0.118. The van der Waals surface area contributed by atoms with Crippen LogP contribution in [0.3, 0.4) is 0 Å². The molecule has 5 heteroatoms. The number of aryl methyl sites for hydroxylation is 1. The van der Waals surface area contributed by atoms with E-state index in [2.05, 4.69) is 5.32 Å². The Morgan fingerprint density at radius 3 is 2.68 bits per heavy atom. The third-order valence-corrected chi connectivity index (χ3v) is 3.31. The van der Waals surface area contributed by atoms with E-state index in [0.29, 0.717) is 22.0 Å². The normalized spacial score (nSPS) is 10.1. The van der Waals surface area contributed by atoms with Crippen LogP contribution in [0.2, 0.25) is 5.02 Å². The van der Waals surface area contributed by atoms with Crippen LogP contribution in [0, 0.1) is 6.92 Å². The zero-order valence-electron chi connectivity index (χ0n) is 12.4. The van der Waals surface area contributed by atoms with Crippen LogP contribution in [0.1, 0.15) is 22.8 Å². The number of ether oxygens (including phenoxy) is 1. The Morgan fingerprint density at radius 2 is 1.95 bits per heavy atom. The van der Waals surface area contributed by atoms with Crippen molar-refractivity contribution in [1.29, 1.82) is 0 Å². The van der Waals surface area contributed by atoms with Crippen LogP contribution in [0.15, 0.2) is 42.5 Å². The number of carbonyl (C=O) groups excluding carboxylic acids is 2. The number of ketones is 1. The molecule has 0 fully saturated rings. The summed E-state index contributed by atoms with van der Waals surface area (Å²) >= 11 is 6.00. The Kier molecular flexibility index (Phi) is 5.17. The van der Waals surface area contributed by atoms with Gasteiger partial charge in [-0.1, -0.05) is 29.8 Å². The molecule has 0 aromatic heterocycles. The molecule has 4 nitrogen and oxygen atoms in total. The van der Waals surface area contributed by atoms with E-state index in [9.17, 15) is 9.59 Å². The number of Topliss-reactive ketones (excluding diaryl/α,β-unsaturated/α-hetero) is 1. The molecule has 1 N–H and O–H groups in total. The second-order valence-electron chi connectivity index (χ2n) is 4.91. The molecule has 0 radical (unpaired) electrons. The van der Waals surface area contributed by atoms with Crippen molar-refractivity contribution in [2.75, 3.05) is 11.9 Å². The third kappa shape index (κ3) is 4.33. The Bertz CT molecular complexity index is 713. The first-order chi connectivity index (χ1) is 10.5. The monoisotopic (exact) mass is 317 g/mol. The Balaban J connectivity index is 1.97. The van der Waals surface area contributed by atoms with Crippen molar-refractivity contribution >= 4 is 29.0 Å². The van der Waals surface area contributed by atoms with E-state index >= 15 is 0 Å². The highest BCUT2D eigenvalue weighted by Crippen LogP contribution is 2.25. The molecule has 0 saturated carbocycles. The van der Waals surface area contributed by atoms with Gasteiger partial charge >= 0.3 is 0 Å². The molecular formula is C17H16ClNO3. The molecule has 2 aromatic carbocycles. The van der Waals surface area contributed by atoms with Crippen molar-refractivity contribution in [3.63, 3.8) is 0 Å². The highest BCUT2D eigenvalue weighted by atomic mass is 35.5. The minimum atomic E-state index is -0.321. The number of nitrogens with one attached hydrogen (secondary N) is 1. The summed E-state index contributed by atoms with van der Waals surface area (Å²) in [6.07, 6.45) is 0. The first-order valence-electron chi connectivity index (χ1n) is 6.75. The zero-order chi connectivity index (χ0) is 16.1. The van der Waals surface area contributed by atoms with Gasteiger partial charge in [0.15, 0.2) is 12.4 Å². The number of amides is 1. The van der Waals surface area contributed by atoms with Crippen LogP contribution in [0.4, 0.5) is 5.69 Å². The lowest BCUT2D eigenvalue weighted by atomic mass is 10.1. The van der Waals surface area contributed by atoms with Gasteiger partial charge in [0.2, 0.25) is 0 Å². The molecule has 0 saturated heterocycles. The summed E-state index contributed by atoms with van der Waals surface area (Å²) in [6, 6.07) is 12.1. The SMILES string of the molecule is CC(=O)c1cccc(NC(=O)COc2cc(C)ccc2Cl)c1. The molecular weight excluding hydrogens is 302 g/mol. The van der Waals surface area contributed by atoms with Gasteiger partial charge in [-0.3, -0.25) is 9.59 Å². The fourth-order valence-electron chi connectivity index (χ4n) is 1.88. The average molecular weight is 318 g/mol. The molecule has 114 valence electrons. The van der Waals surface area contributed by atoms with Gasteiger partial charge in [0.1, 0.15) is 5.75 Å². The fourth-order valence-corrected chi connectivity index (χ4v) is 2.05. The predicted octanol–water partition coefficient (Wildman–Crippen LogP) is 3.87. The van der Waals surface area contributed by atoms with Gasteiger partial charge in [-0.05, 0) is 43.7 Å². The van der Waals surface area contributed by atoms with Gasteiger partial charge < -0.3 is 10.1 Å². The summed E-state index contributed by atoms with van der Waals surface area (Å²) in [5.74, 6) is 0.0893. The standard InChI is InChI=1S/C17H16ClNO3/c1-11-6-7-15(18)16(8-11)22-10-17(21)19-14-5-3-4-13(9-14)12(2)20/h3-9H,10H2,1-2H3,(H,19,21). The molecule has 0 unspecified atom stereocenters. The molecule has 0 atom stereocenters. The predicted molar refractivity (Wildman–Crippen MR) is 86.8 cm³/mol. The number of rotatable bonds is 5. The van der Waals surface area contributed by atoms with Crippen LogP contribution in [-0.2, 0) is 4.79 Å². The maximum absolute atomic E-state index is 11.9. The average Bonchev–Trinajstić information content (AvgIpc) is 2.48. The van der Waals surface area contributed by atoms with Crippen LogP contribution in [-0.4, -0.2) is 18.3 Å². The molecule has 0 spiro atoms. The van der Waals surface area contributed by atoms with E-state index < -0.39 is 0 Å². The van der Waals surface area contributed by atoms with Crippen LogP contribution >= 0.6 is 11.6 Å². The highest BCUT2D eigenvalue weighted by molar-refractivity contribution is 6.32. The van der Waals surface area contributed by atoms with E-state index in [4.69, 9.17) is 16.3 Å². The fraction of sp³-hybridized carbons (Fsp3) is 0.176. The number of halogens is 1. The van der Waals surface area contributed by atoms with E-state index in [1.807, 2.05) is 13.0 Å². The van der Waals surface area contributed by atoms with E-state index in [0.717, 1.165) is 5.56 Å². The number of anilines is 1. The number of hydrogen-bond acceptors (Lipinski definition) is 3.